The van der Waals surface area contributed by atoms with Gasteiger partial charge in [0, 0.05) is 34.7 Å². The molecule has 0 saturated carbocycles. The number of benzene rings is 6. The Labute approximate surface area is 452 Å². The van der Waals surface area contributed by atoms with Gasteiger partial charge < -0.3 is 39.4 Å². The molecule has 0 radical (unpaired) electrons. The molecule has 0 heterocycles. The molecule has 6 aromatic carbocycles. The molecular formula is C50H54N4Na2O12S2. The summed E-state index contributed by atoms with van der Waals surface area (Å²) in [4.78, 5) is 24.4. The van der Waals surface area contributed by atoms with Gasteiger partial charge in [-0.25, -0.2) is 16.8 Å². The predicted octanol–water partition coefficient (Wildman–Crippen LogP) is 4.78. The van der Waals surface area contributed by atoms with Gasteiger partial charge in [-0.3, -0.25) is 9.59 Å². The van der Waals surface area contributed by atoms with E-state index in [0.29, 0.717) is 35.2 Å². The predicted molar refractivity (Wildman–Crippen MR) is 257 cm³/mol. The van der Waals surface area contributed by atoms with E-state index in [1.807, 2.05) is 13.0 Å². The molecule has 4 N–H and O–H groups in total. The number of unbranched alkanes of at least 4 members (excludes halogenated alkanes) is 9. The summed E-state index contributed by atoms with van der Waals surface area (Å²) in [5.41, 5.74) is -0.771. The van der Waals surface area contributed by atoms with E-state index in [1.54, 1.807) is 54.6 Å². The van der Waals surface area contributed by atoms with Gasteiger partial charge in [-0.1, -0.05) is 107 Å². The van der Waals surface area contributed by atoms with Crippen LogP contribution in [-0.2, 0) is 20.2 Å². The van der Waals surface area contributed by atoms with Crippen LogP contribution < -0.4 is 79.2 Å². The number of anilines is 1. The average molecular weight is 1010 g/mol. The zero-order valence-electron chi connectivity index (χ0n) is 39.8. The third kappa shape index (κ3) is 16.0. The minimum Gasteiger partial charge on any atom is -0.744 e. The molecule has 0 aromatic heterocycles. The monoisotopic (exact) mass is 1010 g/mol. The van der Waals surface area contributed by atoms with Gasteiger partial charge >= 0.3 is 59.1 Å². The fourth-order valence-electron chi connectivity index (χ4n) is 7.63. The molecule has 2 amide bonds. The molecule has 20 heteroatoms. The third-order valence-corrected chi connectivity index (χ3v) is 12.9. The summed E-state index contributed by atoms with van der Waals surface area (Å²) in [5, 5.41) is 36.2. The van der Waals surface area contributed by atoms with Crippen molar-refractivity contribution < 1.29 is 114 Å². The van der Waals surface area contributed by atoms with Gasteiger partial charge in [-0.2, -0.15) is 5.11 Å². The van der Waals surface area contributed by atoms with Crippen LogP contribution in [0.2, 0.25) is 0 Å². The van der Waals surface area contributed by atoms with E-state index in [9.17, 15) is 45.7 Å². The Morgan fingerprint density at radius 3 is 1.94 bits per heavy atom. The minimum atomic E-state index is -5.39. The van der Waals surface area contributed by atoms with Crippen molar-refractivity contribution in [2.75, 3.05) is 18.5 Å². The van der Waals surface area contributed by atoms with Crippen molar-refractivity contribution in [1.29, 1.82) is 0 Å². The number of ether oxygens (including phenoxy) is 2. The van der Waals surface area contributed by atoms with Crippen molar-refractivity contribution in [2.45, 2.75) is 100 Å². The molecule has 1 unspecified atom stereocenters. The van der Waals surface area contributed by atoms with Gasteiger partial charge in [-0.15, -0.1) is 5.11 Å². The van der Waals surface area contributed by atoms with Gasteiger partial charge in [0.25, 0.3) is 11.8 Å². The van der Waals surface area contributed by atoms with Gasteiger partial charge in [-0.05, 0) is 79.4 Å². The number of aromatic hydroxyl groups is 2. The number of hydrogen-bond donors (Lipinski definition) is 4. The van der Waals surface area contributed by atoms with Crippen LogP contribution in [0.3, 0.4) is 0 Å². The average Bonchev–Trinajstić information content (AvgIpc) is 3.31. The van der Waals surface area contributed by atoms with Crippen molar-refractivity contribution in [3.05, 3.63) is 114 Å². The molecule has 0 spiro atoms. The first kappa shape index (κ1) is 58.0. The van der Waals surface area contributed by atoms with E-state index in [-0.39, 0.29) is 117 Å². The Kier molecular flexibility index (Phi) is 22.6. The van der Waals surface area contributed by atoms with E-state index in [4.69, 9.17) is 9.47 Å². The van der Waals surface area contributed by atoms with E-state index >= 15 is 0 Å². The second-order valence-corrected chi connectivity index (χ2v) is 19.1. The molecule has 0 bridgehead atoms. The number of azo groups is 1. The maximum Gasteiger partial charge on any atom is 1.00 e. The number of rotatable bonds is 24. The maximum absolute atomic E-state index is 13.2. The molecule has 0 saturated heterocycles. The number of carbonyl (C=O) groups excluding carboxylic acids is 2. The summed E-state index contributed by atoms with van der Waals surface area (Å²) in [6, 6.07) is 24.8. The van der Waals surface area contributed by atoms with Gasteiger partial charge in [0.2, 0.25) is 0 Å². The summed E-state index contributed by atoms with van der Waals surface area (Å²) in [5.74, 6) is -1.33. The van der Waals surface area contributed by atoms with Crippen molar-refractivity contribution in [1.82, 2.24) is 5.32 Å². The summed E-state index contributed by atoms with van der Waals surface area (Å²) in [6.07, 6.45) is 11.9. The number of phenols is 2. The van der Waals surface area contributed by atoms with Crippen molar-refractivity contribution in [3.63, 3.8) is 0 Å². The van der Waals surface area contributed by atoms with Gasteiger partial charge in [0.1, 0.15) is 43.2 Å². The van der Waals surface area contributed by atoms with E-state index in [1.165, 1.54) is 69.2 Å². The van der Waals surface area contributed by atoms with Crippen LogP contribution in [0, 0.1) is 0 Å². The number of nitrogens with one attached hydrogen (secondary N) is 2. The van der Waals surface area contributed by atoms with Crippen LogP contribution >= 0.6 is 0 Å². The van der Waals surface area contributed by atoms with Crippen LogP contribution in [0.25, 0.3) is 21.5 Å². The number of amides is 2. The van der Waals surface area contributed by atoms with Crippen LogP contribution in [0.15, 0.2) is 123 Å². The summed E-state index contributed by atoms with van der Waals surface area (Å²) < 4.78 is 85.7. The molecule has 1 atom stereocenters. The molecule has 360 valence electrons. The Morgan fingerprint density at radius 2 is 1.31 bits per heavy atom. The molecule has 0 aliphatic rings. The normalized spacial score (nSPS) is 12.0. The quantitative estimate of drug-likeness (QED) is 0.0277. The zero-order chi connectivity index (χ0) is 48.8. The van der Waals surface area contributed by atoms with Gasteiger partial charge in [0.05, 0.1) is 39.4 Å². The molecule has 6 aromatic rings. The number of fused-ring (bicyclic) bond motifs is 2. The number of hydrogen-bond acceptors (Lipinski definition) is 14. The molecule has 0 aliphatic carbocycles. The zero-order valence-corrected chi connectivity index (χ0v) is 45.4. The smallest absolute Gasteiger partial charge is 0.744 e. The molecule has 70 heavy (non-hydrogen) atoms. The molecular weight excluding hydrogens is 959 g/mol. The maximum atomic E-state index is 13.2. The number of nitrogens with zero attached hydrogens (tertiary/aromatic N) is 2. The summed E-state index contributed by atoms with van der Waals surface area (Å²) in [6.45, 7) is 4.75. The minimum absolute atomic E-state index is 0. The van der Waals surface area contributed by atoms with Crippen molar-refractivity contribution >= 4 is 70.7 Å². The van der Waals surface area contributed by atoms with Crippen LogP contribution in [0.4, 0.5) is 17.1 Å². The second kappa shape index (κ2) is 27.3. The fraction of sp³-hybridized carbons (Fsp3) is 0.320. The van der Waals surface area contributed by atoms with Crippen LogP contribution in [-0.4, -0.2) is 67.2 Å². The first-order valence-electron chi connectivity index (χ1n) is 22.5. The molecule has 0 fully saturated rings. The van der Waals surface area contributed by atoms with E-state index < -0.39 is 47.4 Å². The SMILES string of the molecule is CCCCCCCCCCCCNC(=O)c1cc(OCCC(C)Oc2ccc(N=Nc3c(S(=O)(=O)[O-])cc4cc(S(=O)(=O)[O-])cc(NC(=O)c5ccccc5)c4c3O)cc2)c2ccccc2c1O.[Na+].[Na+]. The van der Waals surface area contributed by atoms with E-state index in [2.05, 4.69) is 27.8 Å². The fourth-order valence-corrected chi connectivity index (χ4v) is 8.81. The molecule has 16 nitrogen and oxygen atoms in total. The summed E-state index contributed by atoms with van der Waals surface area (Å²) in [7, 11) is -10.6. The number of phenolic OH excluding ortho intramolecular Hbond substituents is 2. The van der Waals surface area contributed by atoms with Crippen LogP contribution in [0.1, 0.15) is 105 Å². The van der Waals surface area contributed by atoms with Crippen LogP contribution in [0.5, 0.6) is 23.0 Å². The first-order valence-corrected chi connectivity index (χ1v) is 25.3. The van der Waals surface area contributed by atoms with Crippen molar-refractivity contribution in [2.24, 2.45) is 10.2 Å². The number of carbonyl (C=O) groups is 2. The van der Waals surface area contributed by atoms with E-state index in [0.717, 1.165) is 37.5 Å². The Bertz CT molecular complexity index is 3000. The Balaban J connectivity index is 0.00000533. The second-order valence-electron chi connectivity index (χ2n) is 16.4. The first-order chi connectivity index (χ1) is 32.5. The topological polar surface area (TPSA) is 256 Å². The Hall–Kier alpha value is -4.60. The Morgan fingerprint density at radius 1 is 0.700 bits per heavy atom. The third-order valence-electron chi connectivity index (χ3n) is 11.2. The van der Waals surface area contributed by atoms with Gasteiger partial charge in [0.15, 0.2) is 5.75 Å². The largest absolute Gasteiger partial charge is 1.00 e. The molecule has 0 aliphatic heterocycles. The standard InChI is InChI=1S/C50H56N4O12S2.2Na/c1-3-4-5-6-7-8-9-10-11-17-27-51-50(58)41-32-43(39-20-15-16-21-40(39)47(41)55)65-28-26-33(2)66-37-24-22-36(23-25-37)53-54-46-44(68(62,63)64)30-35-29-38(67(59,60)61)31-42(45(35)48(46)56)52-49(57)34-18-13-12-14-19-34;;/h12-16,18-25,29-33,55-56H,3-11,17,26-28H2,1-2H3,(H,51,58)(H,52,57)(H,59,60,61)(H,62,63,64);;/q;2*+1/p-2. The summed E-state index contributed by atoms with van der Waals surface area (Å²) >= 11 is 0. The molecule has 6 rings (SSSR count). The van der Waals surface area contributed by atoms with Crippen molar-refractivity contribution in [3.8, 4) is 23.0 Å².